The number of nitrogens with zero attached hydrogens (tertiary/aromatic N) is 1. The number of carbonyl (C=O) groups is 1. The molecule has 0 radical (unpaired) electrons. The van der Waals surface area contributed by atoms with Gasteiger partial charge in [-0.3, -0.25) is 0 Å². The van der Waals surface area contributed by atoms with Crippen molar-refractivity contribution in [2.45, 2.75) is 6.54 Å². The number of rotatable bonds is 3. The van der Waals surface area contributed by atoms with E-state index in [0.29, 0.717) is 6.54 Å². The molecule has 0 bridgehead atoms. The lowest BCUT2D eigenvalue weighted by molar-refractivity contribution is 0.0696. The first-order valence-corrected chi connectivity index (χ1v) is 6.20. The Morgan fingerprint density at radius 2 is 2.00 bits per heavy atom. The van der Waals surface area contributed by atoms with Gasteiger partial charge in [0, 0.05) is 12.7 Å². The van der Waals surface area contributed by atoms with E-state index in [-0.39, 0.29) is 11.4 Å². The maximum Gasteiger partial charge on any atom is 0.335 e. The predicted molar refractivity (Wildman–Crippen MR) is 74.4 cm³/mol. The molecule has 0 aliphatic heterocycles. The number of halogens is 1. The highest BCUT2D eigenvalue weighted by molar-refractivity contribution is 5.87. The second-order valence-electron chi connectivity index (χ2n) is 4.65. The van der Waals surface area contributed by atoms with Gasteiger partial charge in [0.25, 0.3) is 0 Å². The van der Waals surface area contributed by atoms with Crippen LogP contribution in [-0.2, 0) is 6.54 Å². The van der Waals surface area contributed by atoms with Crippen LogP contribution in [0.1, 0.15) is 15.9 Å². The molecule has 1 heterocycles. The zero-order chi connectivity index (χ0) is 14.1. The van der Waals surface area contributed by atoms with Gasteiger partial charge in [-0.1, -0.05) is 12.1 Å². The summed E-state index contributed by atoms with van der Waals surface area (Å²) < 4.78 is 15.2. The lowest BCUT2D eigenvalue weighted by atomic mass is 10.1. The Bertz CT molecular complexity index is 792. The molecule has 1 N–H and O–H groups in total. The van der Waals surface area contributed by atoms with Crippen molar-refractivity contribution in [2.24, 2.45) is 0 Å². The minimum Gasteiger partial charge on any atom is -0.478 e. The fourth-order valence-electron chi connectivity index (χ4n) is 2.29. The van der Waals surface area contributed by atoms with Gasteiger partial charge in [-0.2, -0.15) is 0 Å². The molecule has 1 aromatic heterocycles. The van der Waals surface area contributed by atoms with Gasteiger partial charge < -0.3 is 9.67 Å². The lowest BCUT2D eigenvalue weighted by Crippen LogP contribution is -2.01. The van der Waals surface area contributed by atoms with Gasteiger partial charge in [-0.05, 0) is 47.3 Å². The van der Waals surface area contributed by atoms with Crippen LogP contribution in [0.3, 0.4) is 0 Å². The number of carboxylic acid groups (broad SMARTS) is 1. The molecule has 0 aliphatic carbocycles. The predicted octanol–water partition coefficient (Wildman–Crippen LogP) is 3.53. The van der Waals surface area contributed by atoms with Crippen LogP contribution in [0.5, 0.6) is 0 Å². The first-order chi connectivity index (χ1) is 9.63. The summed E-state index contributed by atoms with van der Waals surface area (Å²) in [5.41, 5.74) is 1.92. The van der Waals surface area contributed by atoms with Crippen molar-refractivity contribution in [1.82, 2.24) is 4.57 Å². The lowest BCUT2D eigenvalue weighted by Gasteiger charge is -2.06. The normalized spacial score (nSPS) is 10.8. The molecule has 0 saturated heterocycles. The first-order valence-electron chi connectivity index (χ1n) is 6.20. The number of aromatic carboxylic acids is 1. The molecule has 3 nitrogen and oxygen atoms in total. The van der Waals surface area contributed by atoms with Crippen molar-refractivity contribution in [3.8, 4) is 0 Å². The maximum atomic E-state index is 13.3. The molecule has 100 valence electrons. The van der Waals surface area contributed by atoms with Gasteiger partial charge >= 0.3 is 5.97 Å². The van der Waals surface area contributed by atoms with E-state index in [2.05, 4.69) is 0 Å². The summed E-state index contributed by atoms with van der Waals surface area (Å²) in [5.74, 6) is -1.23. The molecule has 0 unspecified atom stereocenters. The van der Waals surface area contributed by atoms with E-state index in [1.165, 1.54) is 12.1 Å². The fourth-order valence-corrected chi connectivity index (χ4v) is 2.29. The third-order valence-electron chi connectivity index (χ3n) is 3.26. The van der Waals surface area contributed by atoms with Crippen LogP contribution >= 0.6 is 0 Å². The smallest absolute Gasteiger partial charge is 0.335 e. The topological polar surface area (TPSA) is 42.2 Å². The van der Waals surface area contributed by atoms with Crippen molar-refractivity contribution < 1.29 is 14.3 Å². The van der Waals surface area contributed by atoms with Crippen molar-refractivity contribution in [2.75, 3.05) is 0 Å². The van der Waals surface area contributed by atoms with Crippen LogP contribution in [0.4, 0.5) is 4.39 Å². The van der Waals surface area contributed by atoms with Crippen LogP contribution < -0.4 is 0 Å². The van der Waals surface area contributed by atoms with Crippen molar-refractivity contribution >= 4 is 16.9 Å². The summed E-state index contributed by atoms with van der Waals surface area (Å²) in [6, 6.07) is 13.3. The summed E-state index contributed by atoms with van der Waals surface area (Å²) in [6.07, 6.45) is 1.87. The molecule has 2 aromatic carbocycles. The van der Waals surface area contributed by atoms with Gasteiger partial charge in [-0.25, -0.2) is 9.18 Å². The summed E-state index contributed by atoms with van der Waals surface area (Å²) in [7, 11) is 0. The van der Waals surface area contributed by atoms with Crippen LogP contribution in [0.25, 0.3) is 10.9 Å². The number of benzene rings is 2. The number of aromatic nitrogens is 1. The van der Waals surface area contributed by atoms with Gasteiger partial charge in [0.1, 0.15) is 5.82 Å². The third kappa shape index (κ3) is 2.28. The second-order valence-corrected chi connectivity index (χ2v) is 4.65. The molecule has 0 fully saturated rings. The van der Waals surface area contributed by atoms with E-state index >= 15 is 0 Å². The molecule has 3 aromatic rings. The molecule has 20 heavy (non-hydrogen) atoms. The molecule has 0 atom stereocenters. The van der Waals surface area contributed by atoms with Crippen molar-refractivity contribution in [3.63, 3.8) is 0 Å². The monoisotopic (exact) mass is 269 g/mol. The van der Waals surface area contributed by atoms with Gasteiger partial charge in [0.05, 0.1) is 11.1 Å². The summed E-state index contributed by atoms with van der Waals surface area (Å²) in [4.78, 5) is 11.0. The highest BCUT2D eigenvalue weighted by Crippen LogP contribution is 2.19. The van der Waals surface area contributed by atoms with Crippen molar-refractivity contribution in [1.29, 1.82) is 0 Å². The standard InChI is InChI=1S/C16H12FNO2/c17-14-5-4-12-6-7-18(15(12)9-14)10-11-2-1-3-13(8-11)16(19)20/h1-9H,10H2,(H,19,20). The van der Waals surface area contributed by atoms with Gasteiger partial charge in [0.15, 0.2) is 0 Å². The Morgan fingerprint density at radius 1 is 1.15 bits per heavy atom. The van der Waals surface area contributed by atoms with Gasteiger partial charge in [-0.15, -0.1) is 0 Å². The third-order valence-corrected chi connectivity index (χ3v) is 3.26. The van der Waals surface area contributed by atoms with Crippen LogP contribution in [0, 0.1) is 5.82 Å². The fraction of sp³-hybridized carbons (Fsp3) is 0.0625. The number of hydrogen-bond acceptors (Lipinski definition) is 1. The molecule has 0 amide bonds. The minimum absolute atomic E-state index is 0.255. The molecular formula is C16H12FNO2. The summed E-state index contributed by atoms with van der Waals surface area (Å²) in [5, 5.41) is 9.95. The number of carboxylic acids is 1. The number of hydrogen-bond donors (Lipinski definition) is 1. The quantitative estimate of drug-likeness (QED) is 0.790. The Morgan fingerprint density at radius 3 is 2.80 bits per heavy atom. The van der Waals surface area contributed by atoms with E-state index in [0.717, 1.165) is 16.5 Å². The Kier molecular flexibility index (Phi) is 2.99. The van der Waals surface area contributed by atoms with E-state index in [1.54, 1.807) is 24.3 Å². The Hall–Kier alpha value is -2.62. The molecular weight excluding hydrogens is 257 g/mol. The zero-order valence-corrected chi connectivity index (χ0v) is 10.6. The molecule has 3 rings (SSSR count). The second kappa shape index (κ2) is 4.81. The van der Waals surface area contributed by atoms with Gasteiger partial charge in [0.2, 0.25) is 0 Å². The molecule has 4 heteroatoms. The Labute approximate surface area is 114 Å². The van der Waals surface area contributed by atoms with Crippen molar-refractivity contribution in [3.05, 3.63) is 71.7 Å². The average molecular weight is 269 g/mol. The van der Waals surface area contributed by atoms with E-state index in [4.69, 9.17) is 5.11 Å². The molecule has 0 spiro atoms. The summed E-state index contributed by atoms with van der Waals surface area (Å²) in [6.45, 7) is 0.508. The molecule has 0 saturated carbocycles. The number of fused-ring (bicyclic) bond motifs is 1. The maximum absolute atomic E-state index is 13.3. The highest BCUT2D eigenvalue weighted by Gasteiger charge is 2.06. The zero-order valence-electron chi connectivity index (χ0n) is 10.6. The largest absolute Gasteiger partial charge is 0.478 e. The van der Waals surface area contributed by atoms with E-state index in [1.807, 2.05) is 22.9 Å². The average Bonchev–Trinajstić information content (AvgIpc) is 2.82. The highest BCUT2D eigenvalue weighted by atomic mass is 19.1. The van der Waals surface area contributed by atoms with Crippen LogP contribution in [0.15, 0.2) is 54.7 Å². The van der Waals surface area contributed by atoms with Crippen LogP contribution in [-0.4, -0.2) is 15.6 Å². The van der Waals surface area contributed by atoms with E-state index in [9.17, 15) is 9.18 Å². The van der Waals surface area contributed by atoms with E-state index < -0.39 is 5.97 Å². The summed E-state index contributed by atoms with van der Waals surface area (Å²) >= 11 is 0. The Balaban J connectivity index is 1.99. The minimum atomic E-state index is -0.949. The molecule has 0 aliphatic rings. The first kappa shape index (κ1) is 12.4. The SMILES string of the molecule is O=C(O)c1cccc(Cn2ccc3ccc(F)cc32)c1. The van der Waals surface area contributed by atoms with Crippen LogP contribution in [0.2, 0.25) is 0 Å².